The predicted octanol–water partition coefficient (Wildman–Crippen LogP) is 4.30. The summed E-state index contributed by atoms with van der Waals surface area (Å²) in [5.74, 6) is -0.515. The second-order valence-electron chi connectivity index (χ2n) is 5.26. The first-order chi connectivity index (χ1) is 10.1. The number of halogens is 1. The van der Waals surface area contributed by atoms with Crippen molar-refractivity contribution < 1.29 is 14.6 Å². The Balaban J connectivity index is 0.000000383. The molecule has 2 rings (SSSR count). The molecule has 0 radical (unpaired) electrons. The molecule has 5 heteroatoms. The van der Waals surface area contributed by atoms with E-state index in [0.717, 1.165) is 36.8 Å². The third-order valence-corrected chi connectivity index (χ3v) is 4.02. The minimum atomic E-state index is -0.993. The van der Waals surface area contributed by atoms with Crippen LogP contribution in [0.5, 0.6) is 5.75 Å². The summed E-state index contributed by atoms with van der Waals surface area (Å²) in [7, 11) is 1.50. The van der Waals surface area contributed by atoms with Crippen LogP contribution in [0.25, 0.3) is 0 Å². The first kappa shape index (κ1) is 18.4. The van der Waals surface area contributed by atoms with Gasteiger partial charge >= 0.3 is 48.5 Å². The maximum atomic E-state index is 11.1. The van der Waals surface area contributed by atoms with Crippen molar-refractivity contribution in [2.45, 2.75) is 50.5 Å². The van der Waals surface area contributed by atoms with E-state index in [1.807, 2.05) is 0 Å². The van der Waals surface area contributed by atoms with Gasteiger partial charge in [0.2, 0.25) is 0 Å². The molecule has 3 nitrogen and oxygen atoms in total. The molecule has 0 saturated carbocycles. The number of fused-ring (bicyclic) bond motifs is 1. The van der Waals surface area contributed by atoms with Crippen LogP contribution in [-0.4, -0.2) is 35.9 Å². The van der Waals surface area contributed by atoms with E-state index in [0.29, 0.717) is 10.8 Å². The van der Waals surface area contributed by atoms with Crippen molar-refractivity contribution in [3.63, 3.8) is 0 Å². The summed E-state index contributed by atoms with van der Waals surface area (Å²) in [6.07, 6.45) is 6.64. The summed E-state index contributed by atoms with van der Waals surface area (Å²) in [5, 5.41) is 11.0. The predicted molar refractivity (Wildman–Crippen MR) is 87.1 cm³/mol. The van der Waals surface area contributed by atoms with Gasteiger partial charge in [0.15, 0.2) is 0 Å². The average molecular weight is 305 g/mol. The fourth-order valence-electron chi connectivity index (χ4n) is 2.61. The summed E-state index contributed by atoms with van der Waals surface area (Å²) in [6, 6.07) is 1.49. The Bertz CT molecular complexity index is 487. The van der Waals surface area contributed by atoms with Gasteiger partial charge in [-0.05, 0) is 42.9 Å². The topological polar surface area (TPSA) is 46.5 Å². The molecule has 0 bridgehead atoms. The van der Waals surface area contributed by atoms with E-state index in [9.17, 15) is 4.79 Å². The van der Waals surface area contributed by atoms with Crippen LogP contribution < -0.4 is 4.74 Å². The molecule has 1 aliphatic rings. The fraction of sp³-hybridized carbons (Fsp3) is 0.562. The summed E-state index contributed by atoms with van der Waals surface area (Å²) < 4.78 is 5.22. The third-order valence-electron chi connectivity index (χ3n) is 3.69. The molecule has 0 saturated heterocycles. The van der Waals surface area contributed by atoms with E-state index in [-0.39, 0.29) is 5.56 Å². The number of rotatable bonds is 4. The molecule has 1 aliphatic carbocycles. The van der Waals surface area contributed by atoms with E-state index in [2.05, 4.69) is 24.6 Å². The van der Waals surface area contributed by atoms with Gasteiger partial charge in [-0.1, -0.05) is 11.6 Å². The Labute approximate surface area is 141 Å². The van der Waals surface area contributed by atoms with Crippen LogP contribution in [0.2, 0.25) is 10.1 Å². The molecule has 0 unspecified atom stereocenters. The maximum absolute atomic E-state index is 11.1. The Hall–Kier alpha value is -0.623. The molecule has 21 heavy (non-hydrogen) atoms. The Morgan fingerprint density at radius 2 is 2.00 bits per heavy atom. The molecular formula is C16H22ClLiO3. The van der Waals surface area contributed by atoms with Crippen molar-refractivity contribution >= 4 is 35.3 Å². The normalized spacial score (nSPS) is 13.0. The molecule has 0 amide bonds. The standard InChI is InChI=1S/C12H13ClO3.C4H9.Li/c1-16-11-8-5-3-2-4-7(8)10(13)6-9(11)12(14)15;1-3-4-2;/h6H,2-5H2,1H3,(H,14,15);1,3-4H2,2H3;. The molecule has 0 aromatic heterocycles. The molecule has 0 heterocycles. The minimum absolute atomic E-state index is 0.160. The van der Waals surface area contributed by atoms with Gasteiger partial charge in [0.05, 0.1) is 7.11 Å². The van der Waals surface area contributed by atoms with Crippen molar-refractivity contribution in [2.24, 2.45) is 0 Å². The number of benzene rings is 1. The van der Waals surface area contributed by atoms with Gasteiger partial charge in [-0.15, -0.1) is 0 Å². The summed E-state index contributed by atoms with van der Waals surface area (Å²) in [4.78, 5) is 11.1. The Morgan fingerprint density at radius 3 is 2.43 bits per heavy atom. The van der Waals surface area contributed by atoms with E-state index in [4.69, 9.17) is 21.4 Å². The van der Waals surface area contributed by atoms with Crippen LogP contribution in [0, 0.1) is 0 Å². The van der Waals surface area contributed by atoms with Gasteiger partial charge in [-0.2, -0.15) is 0 Å². The monoisotopic (exact) mass is 304 g/mol. The number of hydrogen-bond acceptors (Lipinski definition) is 2. The van der Waals surface area contributed by atoms with E-state index >= 15 is 0 Å². The zero-order valence-corrected chi connectivity index (χ0v) is 13.9. The van der Waals surface area contributed by atoms with Crippen LogP contribution >= 0.6 is 11.6 Å². The van der Waals surface area contributed by atoms with Crippen molar-refractivity contribution in [3.8, 4) is 5.75 Å². The number of ether oxygens (including phenoxy) is 1. The first-order valence-corrected chi connectivity index (χ1v) is 8.06. The van der Waals surface area contributed by atoms with Gasteiger partial charge in [0.1, 0.15) is 11.3 Å². The number of carboxylic acid groups (broad SMARTS) is 1. The molecular weight excluding hydrogens is 283 g/mol. The second-order valence-corrected chi connectivity index (χ2v) is 5.67. The zero-order chi connectivity index (χ0) is 15.8. The number of carbonyl (C=O) groups is 1. The number of hydrogen-bond donors (Lipinski definition) is 1. The van der Waals surface area contributed by atoms with Crippen LogP contribution in [0.15, 0.2) is 6.07 Å². The van der Waals surface area contributed by atoms with E-state index in [1.54, 1.807) is 0 Å². The molecule has 1 N–H and O–H groups in total. The van der Waals surface area contributed by atoms with Crippen molar-refractivity contribution in [3.05, 3.63) is 27.8 Å². The Kier molecular flexibility index (Phi) is 8.25. The Morgan fingerprint density at radius 1 is 1.38 bits per heavy atom. The number of unbranched alkanes of at least 4 members (excludes halogenated alkanes) is 1. The van der Waals surface area contributed by atoms with Gasteiger partial charge in [0, 0.05) is 5.02 Å². The molecule has 0 atom stereocenters. The quantitative estimate of drug-likeness (QED) is 0.844. The van der Waals surface area contributed by atoms with Crippen molar-refractivity contribution in [1.29, 1.82) is 0 Å². The first-order valence-electron chi connectivity index (χ1n) is 7.68. The summed E-state index contributed by atoms with van der Waals surface area (Å²) >= 11 is 8.31. The van der Waals surface area contributed by atoms with Crippen molar-refractivity contribution in [2.75, 3.05) is 7.11 Å². The van der Waals surface area contributed by atoms with Gasteiger partial charge < -0.3 is 9.84 Å². The molecule has 112 valence electrons. The molecule has 0 aliphatic heterocycles. The van der Waals surface area contributed by atoms with Crippen LogP contribution in [0.1, 0.15) is 54.1 Å². The second kappa shape index (κ2) is 9.41. The number of methoxy groups -OCH3 is 1. The molecule has 1 aromatic carbocycles. The number of carboxylic acids is 1. The van der Waals surface area contributed by atoms with Crippen LogP contribution in [0.3, 0.4) is 0 Å². The third kappa shape index (κ3) is 4.95. The number of aromatic carboxylic acids is 1. The van der Waals surface area contributed by atoms with E-state index < -0.39 is 5.97 Å². The van der Waals surface area contributed by atoms with Gasteiger partial charge in [0.25, 0.3) is 0 Å². The zero-order valence-electron chi connectivity index (χ0n) is 13.2. The van der Waals surface area contributed by atoms with Gasteiger partial charge in [-0.3, -0.25) is 0 Å². The molecule has 1 aromatic rings. The average Bonchev–Trinajstić information content (AvgIpc) is 2.48. The van der Waals surface area contributed by atoms with Crippen molar-refractivity contribution in [1.82, 2.24) is 0 Å². The SMILES string of the molecule is COc1c(C(=O)O)cc(Cl)c2c1CCCC2.[Li][CH2]CCC. The van der Waals surface area contributed by atoms with Crippen LogP contribution in [0.4, 0.5) is 0 Å². The summed E-state index contributed by atoms with van der Waals surface area (Å²) in [6.45, 7) is 2.21. The fourth-order valence-corrected chi connectivity index (χ4v) is 2.92. The summed E-state index contributed by atoms with van der Waals surface area (Å²) in [5.41, 5.74) is 2.18. The molecule has 0 spiro atoms. The molecule has 0 fully saturated rings. The van der Waals surface area contributed by atoms with Gasteiger partial charge in [-0.25, -0.2) is 4.79 Å². The van der Waals surface area contributed by atoms with Crippen LogP contribution in [-0.2, 0) is 12.8 Å². The van der Waals surface area contributed by atoms with E-state index in [1.165, 1.54) is 31.1 Å².